The van der Waals surface area contributed by atoms with E-state index in [-0.39, 0.29) is 5.91 Å². The number of halogens is 1. The minimum Gasteiger partial charge on any atom is -0.492 e. The number of carbonyl (C=O) groups excluding carboxylic acids is 1. The molecular weight excluding hydrogens is 352 g/mol. The number of amides is 1. The smallest absolute Gasteiger partial charge is 0.265 e. The largest absolute Gasteiger partial charge is 0.492 e. The van der Waals surface area contributed by atoms with Gasteiger partial charge in [0.2, 0.25) is 0 Å². The number of anilines is 1. The van der Waals surface area contributed by atoms with Gasteiger partial charge in [0.1, 0.15) is 12.4 Å². The third kappa shape index (κ3) is 5.15. The van der Waals surface area contributed by atoms with E-state index in [1.54, 1.807) is 6.07 Å². The van der Waals surface area contributed by atoms with Crippen molar-refractivity contribution in [2.24, 2.45) is 0 Å². The fourth-order valence-electron chi connectivity index (χ4n) is 1.64. The highest BCUT2D eigenvalue weighted by atomic mass is 79.9. The van der Waals surface area contributed by atoms with Crippen LogP contribution in [-0.4, -0.2) is 38.1 Å². The monoisotopic (exact) mass is 368 g/mol. The van der Waals surface area contributed by atoms with Crippen molar-refractivity contribution in [3.63, 3.8) is 0 Å². The van der Waals surface area contributed by atoms with E-state index in [0.717, 1.165) is 21.8 Å². The molecule has 0 saturated heterocycles. The van der Waals surface area contributed by atoms with Crippen molar-refractivity contribution < 1.29 is 9.53 Å². The van der Waals surface area contributed by atoms with Gasteiger partial charge < -0.3 is 15.0 Å². The number of carbonyl (C=O) groups is 1. The maximum Gasteiger partial charge on any atom is 0.265 e. The van der Waals surface area contributed by atoms with E-state index in [1.165, 1.54) is 11.3 Å². The minimum atomic E-state index is -0.115. The van der Waals surface area contributed by atoms with E-state index >= 15 is 0 Å². The molecule has 1 aromatic heterocycles. The lowest BCUT2D eigenvalue weighted by Crippen LogP contribution is -2.19. The summed E-state index contributed by atoms with van der Waals surface area (Å²) < 4.78 is 6.59. The number of thiophene rings is 1. The summed E-state index contributed by atoms with van der Waals surface area (Å²) in [6.45, 7) is 1.46. The second-order valence-corrected chi connectivity index (χ2v) is 7.20. The van der Waals surface area contributed by atoms with Crippen LogP contribution in [0, 0.1) is 0 Å². The molecule has 0 aliphatic carbocycles. The average molecular weight is 369 g/mol. The van der Waals surface area contributed by atoms with Gasteiger partial charge in [-0.3, -0.25) is 4.79 Å². The molecule has 1 aromatic carbocycles. The van der Waals surface area contributed by atoms with E-state index in [2.05, 4.69) is 26.1 Å². The van der Waals surface area contributed by atoms with Crippen LogP contribution >= 0.6 is 27.3 Å². The molecule has 1 heterocycles. The van der Waals surface area contributed by atoms with E-state index in [9.17, 15) is 4.79 Å². The number of nitrogens with one attached hydrogen (secondary N) is 1. The zero-order valence-electron chi connectivity index (χ0n) is 11.9. The summed E-state index contributed by atoms with van der Waals surface area (Å²) in [5.74, 6) is 0.637. The standard InChI is InChI=1S/C15H17BrN2O2S/c1-18(2)8-9-20-12-5-3-4-11(10-12)17-15(19)13-6-7-14(16)21-13/h3-7,10H,8-9H2,1-2H3,(H,17,19). The lowest BCUT2D eigenvalue weighted by atomic mass is 10.3. The molecule has 6 heteroatoms. The van der Waals surface area contributed by atoms with Crippen molar-refractivity contribution >= 4 is 38.9 Å². The summed E-state index contributed by atoms with van der Waals surface area (Å²) >= 11 is 4.76. The van der Waals surface area contributed by atoms with Gasteiger partial charge in [0.25, 0.3) is 5.91 Å². The lowest BCUT2D eigenvalue weighted by molar-refractivity contribution is 0.103. The first-order valence-electron chi connectivity index (χ1n) is 6.49. The van der Waals surface area contributed by atoms with Gasteiger partial charge in [0.15, 0.2) is 0 Å². The Morgan fingerprint density at radius 3 is 2.81 bits per heavy atom. The molecule has 0 saturated carbocycles. The van der Waals surface area contributed by atoms with Crippen LogP contribution in [0.4, 0.5) is 5.69 Å². The zero-order chi connectivity index (χ0) is 15.2. The number of ether oxygens (including phenoxy) is 1. The van der Waals surface area contributed by atoms with Gasteiger partial charge in [-0.15, -0.1) is 11.3 Å². The average Bonchev–Trinajstić information content (AvgIpc) is 2.85. The zero-order valence-corrected chi connectivity index (χ0v) is 14.3. The van der Waals surface area contributed by atoms with Crippen LogP contribution in [0.1, 0.15) is 9.67 Å². The summed E-state index contributed by atoms with van der Waals surface area (Å²) in [4.78, 5) is 14.8. The van der Waals surface area contributed by atoms with Crippen molar-refractivity contribution in [2.75, 3.05) is 32.6 Å². The van der Waals surface area contributed by atoms with Gasteiger partial charge in [-0.2, -0.15) is 0 Å². The van der Waals surface area contributed by atoms with Crippen LogP contribution in [-0.2, 0) is 0 Å². The summed E-state index contributed by atoms with van der Waals surface area (Å²) in [5, 5.41) is 2.87. The molecule has 21 heavy (non-hydrogen) atoms. The Hall–Kier alpha value is -1.37. The summed E-state index contributed by atoms with van der Waals surface area (Å²) in [6.07, 6.45) is 0. The van der Waals surface area contributed by atoms with Gasteiger partial charge in [0.05, 0.1) is 8.66 Å². The number of hydrogen-bond donors (Lipinski definition) is 1. The molecule has 2 aromatic rings. The number of benzene rings is 1. The Morgan fingerprint density at radius 1 is 1.33 bits per heavy atom. The molecule has 1 N–H and O–H groups in total. The lowest BCUT2D eigenvalue weighted by Gasteiger charge is -2.12. The van der Waals surface area contributed by atoms with Crippen molar-refractivity contribution in [1.82, 2.24) is 4.90 Å². The van der Waals surface area contributed by atoms with Gasteiger partial charge in [-0.25, -0.2) is 0 Å². The molecule has 0 aliphatic heterocycles. The van der Waals surface area contributed by atoms with E-state index < -0.39 is 0 Å². The van der Waals surface area contributed by atoms with Crippen molar-refractivity contribution in [1.29, 1.82) is 0 Å². The quantitative estimate of drug-likeness (QED) is 0.844. The molecular formula is C15H17BrN2O2S. The Morgan fingerprint density at radius 2 is 2.14 bits per heavy atom. The topological polar surface area (TPSA) is 41.6 Å². The van der Waals surface area contributed by atoms with Crippen LogP contribution in [0.15, 0.2) is 40.2 Å². The SMILES string of the molecule is CN(C)CCOc1cccc(NC(=O)c2ccc(Br)s2)c1. The van der Waals surface area contributed by atoms with Crippen LogP contribution in [0.2, 0.25) is 0 Å². The third-order valence-electron chi connectivity index (χ3n) is 2.70. The first-order chi connectivity index (χ1) is 10.0. The van der Waals surface area contributed by atoms with E-state index in [1.807, 2.05) is 44.4 Å². The molecule has 2 rings (SSSR count). The summed E-state index contributed by atoms with van der Waals surface area (Å²) in [6, 6.07) is 11.1. The second kappa shape index (κ2) is 7.59. The molecule has 0 atom stereocenters. The van der Waals surface area contributed by atoms with Crippen LogP contribution in [0.5, 0.6) is 5.75 Å². The Kier molecular flexibility index (Phi) is 5.78. The van der Waals surface area contributed by atoms with E-state index in [4.69, 9.17) is 4.74 Å². The highest BCUT2D eigenvalue weighted by Crippen LogP contribution is 2.24. The molecule has 0 spiro atoms. The minimum absolute atomic E-state index is 0.115. The molecule has 0 fully saturated rings. The Labute approximate surface area is 136 Å². The maximum absolute atomic E-state index is 12.1. The number of rotatable bonds is 6. The molecule has 0 bridgehead atoms. The van der Waals surface area contributed by atoms with Gasteiger partial charge >= 0.3 is 0 Å². The number of hydrogen-bond acceptors (Lipinski definition) is 4. The van der Waals surface area contributed by atoms with Crippen molar-refractivity contribution in [3.05, 3.63) is 45.1 Å². The fourth-order valence-corrected chi connectivity index (χ4v) is 2.92. The first kappa shape index (κ1) is 16.0. The predicted octanol–water partition coefficient (Wildman–Crippen LogP) is 3.70. The fraction of sp³-hybridized carbons (Fsp3) is 0.267. The third-order valence-corrected chi connectivity index (χ3v) is 4.32. The Bertz CT molecular complexity index is 613. The van der Waals surface area contributed by atoms with Gasteiger partial charge in [-0.1, -0.05) is 6.07 Å². The Balaban J connectivity index is 1.96. The normalized spacial score (nSPS) is 10.7. The van der Waals surface area contributed by atoms with Gasteiger partial charge in [0, 0.05) is 18.3 Å². The number of likely N-dealkylation sites (N-methyl/N-ethyl adjacent to an activating group) is 1. The first-order valence-corrected chi connectivity index (χ1v) is 8.10. The van der Waals surface area contributed by atoms with Crippen molar-refractivity contribution in [3.8, 4) is 5.75 Å². The second-order valence-electron chi connectivity index (χ2n) is 4.74. The molecule has 0 radical (unpaired) electrons. The van der Waals surface area contributed by atoms with Crippen LogP contribution < -0.4 is 10.1 Å². The van der Waals surface area contributed by atoms with Crippen molar-refractivity contribution in [2.45, 2.75) is 0 Å². The molecule has 1 amide bonds. The van der Waals surface area contributed by atoms with Crippen LogP contribution in [0.25, 0.3) is 0 Å². The highest BCUT2D eigenvalue weighted by molar-refractivity contribution is 9.11. The molecule has 112 valence electrons. The van der Waals surface area contributed by atoms with E-state index in [0.29, 0.717) is 11.5 Å². The summed E-state index contributed by atoms with van der Waals surface area (Å²) in [7, 11) is 4.00. The number of nitrogens with zero attached hydrogens (tertiary/aromatic N) is 1. The maximum atomic E-state index is 12.1. The molecule has 0 aliphatic rings. The van der Waals surface area contributed by atoms with Crippen LogP contribution in [0.3, 0.4) is 0 Å². The molecule has 4 nitrogen and oxygen atoms in total. The predicted molar refractivity (Wildman–Crippen MR) is 90.5 cm³/mol. The highest BCUT2D eigenvalue weighted by Gasteiger charge is 2.09. The molecule has 0 unspecified atom stereocenters. The summed E-state index contributed by atoms with van der Waals surface area (Å²) in [5.41, 5.74) is 0.729. The van der Waals surface area contributed by atoms with Gasteiger partial charge in [-0.05, 0) is 54.3 Å².